The molecule has 0 radical (unpaired) electrons. The SMILES string of the molecule is O=C(COc1ncnc2cc(Cl)ccc12)Nc1ccccc1Cl. The van der Waals surface area contributed by atoms with E-state index in [1.807, 2.05) is 0 Å². The number of rotatable bonds is 4. The summed E-state index contributed by atoms with van der Waals surface area (Å²) in [6, 6.07) is 12.1. The lowest BCUT2D eigenvalue weighted by atomic mass is 10.2. The molecule has 0 spiro atoms. The minimum absolute atomic E-state index is 0.194. The Morgan fingerprint density at radius 3 is 2.78 bits per heavy atom. The lowest BCUT2D eigenvalue weighted by Crippen LogP contribution is -2.20. The molecule has 3 rings (SSSR count). The van der Waals surface area contributed by atoms with Gasteiger partial charge in [-0.05, 0) is 30.3 Å². The average molecular weight is 348 g/mol. The molecule has 1 N–H and O–H groups in total. The lowest BCUT2D eigenvalue weighted by Gasteiger charge is -2.09. The average Bonchev–Trinajstić information content (AvgIpc) is 2.54. The summed E-state index contributed by atoms with van der Waals surface area (Å²) in [6.07, 6.45) is 1.36. The number of aromatic nitrogens is 2. The van der Waals surface area contributed by atoms with E-state index in [9.17, 15) is 4.79 Å². The molecule has 1 heterocycles. The molecule has 0 bridgehead atoms. The summed E-state index contributed by atoms with van der Waals surface area (Å²) in [5, 5.41) is 4.39. The Morgan fingerprint density at radius 2 is 1.96 bits per heavy atom. The van der Waals surface area contributed by atoms with Crippen LogP contribution in [0.15, 0.2) is 48.8 Å². The number of para-hydroxylation sites is 1. The van der Waals surface area contributed by atoms with Crippen LogP contribution in [0.1, 0.15) is 0 Å². The maximum absolute atomic E-state index is 12.0. The molecule has 116 valence electrons. The fourth-order valence-corrected chi connectivity index (χ4v) is 2.35. The van der Waals surface area contributed by atoms with Crippen molar-refractivity contribution in [1.82, 2.24) is 9.97 Å². The maximum atomic E-state index is 12.0. The van der Waals surface area contributed by atoms with Crippen molar-refractivity contribution in [2.75, 3.05) is 11.9 Å². The van der Waals surface area contributed by atoms with E-state index in [2.05, 4.69) is 15.3 Å². The van der Waals surface area contributed by atoms with Gasteiger partial charge >= 0.3 is 0 Å². The molecule has 2 aromatic carbocycles. The molecular formula is C16H11Cl2N3O2. The van der Waals surface area contributed by atoms with E-state index in [1.165, 1.54) is 6.33 Å². The molecule has 0 atom stereocenters. The maximum Gasteiger partial charge on any atom is 0.262 e. The van der Waals surface area contributed by atoms with Gasteiger partial charge in [-0.25, -0.2) is 9.97 Å². The molecule has 3 aromatic rings. The van der Waals surface area contributed by atoms with Crippen LogP contribution in [0.2, 0.25) is 10.0 Å². The summed E-state index contributed by atoms with van der Waals surface area (Å²) >= 11 is 11.9. The Labute approximate surface area is 142 Å². The van der Waals surface area contributed by atoms with E-state index in [-0.39, 0.29) is 12.5 Å². The zero-order chi connectivity index (χ0) is 16.2. The van der Waals surface area contributed by atoms with E-state index >= 15 is 0 Å². The highest BCUT2D eigenvalue weighted by Crippen LogP contribution is 2.24. The van der Waals surface area contributed by atoms with Gasteiger partial charge in [-0.15, -0.1) is 0 Å². The number of nitrogens with one attached hydrogen (secondary N) is 1. The van der Waals surface area contributed by atoms with Gasteiger partial charge in [0.1, 0.15) is 6.33 Å². The summed E-state index contributed by atoms with van der Waals surface area (Å²) in [5.74, 6) is -0.0141. The van der Waals surface area contributed by atoms with Crippen LogP contribution in [0, 0.1) is 0 Å². The van der Waals surface area contributed by atoms with Crippen LogP contribution < -0.4 is 10.1 Å². The van der Waals surface area contributed by atoms with Gasteiger partial charge in [-0.1, -0.05) is 35.3 Å². The number of hydrogen-bond acceptors (Lipinski definition) is 4. The summed E-state index contributed by atoms with van der Waals surface area (Å²) in [6.45, 7) is -0.194. The predicted octanol–water partition coefficient (Wildman–Crippen LogP) is 3.95. The van der Waals surface area contributed by atoms with E-state index in [0.29, 0.717) is 32.5 Å². The van der Waals surface area contributed by atoms with Crippen molar-refractivity contribution in [1.29, 1.82) is 0 Å². The smallest absolute Gasteiger partial charge is 0.262 e. The van der Waals surface area contributed by atoms with Gasteiger partial charge in [0.25, 0.3) is 5.91 Å². The third-order valence-electron chi connectivity index (χ3n) is 3.05. The van der Waals surface area contributed by atoms with Crippen molar-refractivity contribution in [3.63, 3.8) is 0 Å². The Balaban J connectivity index is 1.71. The van der Waals surface area contributed by atoms with Crippen LogP contribution in [-0.4, -0.2) is 22.5 Å². The zero-order valence-electron chi connectivity index (χ0n) is 11.8. The Kier molecular flexibility index (Phi) is 4.60. The summed E-state index contributed by atoms with van der Waals surface area (Å²) in [4.78, 5) is 20.1. The Hall–Kier alpha value is -2.37. The normalized spacial score (nSPS) is 10.5. The molecule has 1 aromatic heterocycles. The van der Waals surface area contributed by atoms with E-state index in [1.54, 1.807) is 42.5 Å². The molecule has 0 saturated carbocycles. The van der Waals surface area contributed by atoms with Crippen molar-refractivity contribution >= 4 is 45.7 Å². The minimum Gasteiger partial charge on any atom is -0.467 e. The second-order valence-electron chi connectivity index (χ2n) is 4.66. The summed E-state index contributed by atoms with van der Waals surface area (Å²) in [7, 11) is 0. The Morgan fingerprint density at radius 1 is 1.13 bits per heavy atom. The number of anilines is 1. The third-order valence-corrected chi connectivity index (χ3v) is 3.61. The third kappa shape index (κ3) is 3.70. The fourth-order valence-electron chi connectivity index (χ4n) is 2.00. The second-order valence-corrected chi connectivity index (χ2v) is 5.50. The molecular weight excluding hydrogens is 337 g/mol. The largest absolute Gasteiger partial charge is 0.467 e. The first-order valence-corrected chi connectivity index (χ1v) is 7.46. The summed E-state index contributed by atoms with van der Waals surface area (Å²) in [5.41, 5.74) is 1.18. The van der Waals surface area contributed by atoms with Gasteiger partial charge in [0.05, 0.1) is 21.6 Å². The molecule has 0 aliphatic carbocycles. The standard InChI is InChI=1S/C16H11Cl2N3O2/c17-10-5-6-11-14(7-10)19-9-20-16(11)23-8-15(22)21-13-4-2-1-3-12(13)18/h1-7,9H,8H2,(H,21,22). The molecule has 0 fully saturated rings. The first-order valence-electron chi connectivity index (χ1n) is 6.71. The fraction of sp³-hybridized carbons (Fsp3) is 0.0625. The van der Waals surface area contributed by atoms with Crippen LogP contribution in [0.3, 0.4) is 0 Å². The van der Waals surface area contributed by atoms with Gasteiger partial charge in [0.2, 0.25) is 5.88 Å². The van der Waals surface area contributed by atoms with Crippen LogP contribution in [0.5, 0.6) is 5.88 Å². The number of ether oxygens (including phenoxy) is 1. The van der Waals surface area contributed by atoms with Gasteiger partial charge in [0, 0.05) is 5.02 Å². The topological polar surface area (TPSA) is 64.1 Å². The Bertz CT molecular complexity index is 871. The first kappa shape index (κ1) is 15.5. The zero-order valence-corrected chi connectivity index (χ0v) is 13.3. The van der Waals surface area contributed by atoms with Crippen molar-refractivity contribution in [2.24, 2.45) is 0 Å². The van der Waals surface area contributed by atoms with Gasteiger partial charge in [-0.2, -0.15) is 0 Å². The predicted molar refractivity (Wildman–Crippen MR) is 90.1 cm³/mol. The van der Waals surface area contributed by atoms with E-state index < -0.39 is 0 Å². The number of nitrogens with zero attached hydrogens (tertiary/aromatic N) is 2. The summed E-state index contributed by atoms with van der Waals surface area (Å²) < 4.78 is 5.48. The number of hydrogen-bond donors (Lipinski definition) is 1. The molecule has 7 heteroatoms. The number of amides is 1. The number of halogens is 2. The molecule has 5 nitrogen and oxygen atoms in total. The number of fused-ring (bicyclic) bond motifs is 1. The van der Waals surface area contributed by atoms with Crippen molar-refractivity contribution in [3.05, 3.63) is 58.8 Å². The highest BCUT2D eigenvalue weighted by atomic mass is 35.5. The van der Waals surface area contributed by atoms with Crippen molar-refractivity contribution in [2.45, 2.75) is 0 Å². The van der Waals surface area contributed by atoms with Crippen LogP contribution in [0.4, 0.5) is 5.69 Å². The number of benzene rings is 2. The first-order chi connectivity index (χ1) is 11.1. The highest BCUT2D eigenvalue weighted by Gasteiger charge is 2.09. The van der Waals surface area contributed by atoms with Gasteiger partial charge < -0.3 is 10.1 Å². The number of carbonyl (C=O) groups is 1. The molecule has 0 saturated heterocycles. The minimum atomic E-state index is -0.334. The highest BCUT2D eigenvalue weighted by molar-refractivity contribution is 6.33. The van der Waals surface area contributed by atoms with E-state index in [4.69, 9.17) is 27.9 Å². The van der Waals surface area contributed by atoms with Crippen LogP contribution >= 0.6 is 23.2 Å². The van der Waals surface area contributed by atoms with Crippen molar-refractivity contribution < 1.29 is 9.53 Å². The van der Waals surface area contributed by atoms with E-state index in [0.717, 1.165) is 0 Å². The van der Waals surface area contributed by atoms with Crippen molar-refractivity contribution in [3.8, 4) is 5.88 Å². The van der Waals surface area contributed by atoms with Crippen LogP contribution in [-0.2, 0) is 4.79 Å². The van der Waals surface area contributed by atoms with Crippen LogP contribution in [0.25, 0.3) is 10.9 Å². The monoisotopic (exact) mass is 347 g/mol. The molecule has 0 aliphatic rings. The second kappa shape index (κ2) is 6.81. The molecule has 1 amide bonds. The molecule has 0 unspecified atom stereocenters. The molecule has 23 heavy (non-hydrogen) atoms. The van der Waals surface area contributed by atoms with Gasteiger partial charge in [-0.3, -0.25) is 4.79 Å². The number of carbonyl (C=O) groups excluding carboxylic acids is 1. The van der Waals surface area contributed by atoms with Gasteiger partial charge in [0.15, 0.2) is 6.61 Å². The quantitative estimate of drug-likeness (QED) is 0.775. The lowest BCUT2D eigenvalue weighted by molar-refractivity contribution is -0.118. The molecule has 0 aliphatic heterocycles.